The molecule has 3 aliphatic rings. The number of allylic oxidation sites excluding steroid dienone is 7. The van der Waals surface area contributed by atoms with E-state index in [1.54, 1.807) is 0 Å². The smallest absolute Gasteiger partial charge is 0.263 e. The molecular weight excluding hydrogens is 758 g/mol. The summed E-state index contributed by atoms with van der Waals surface area (Å²) in [5, 5.41) is 4.15. The minimum atomic E-state index is 0. The van der Waals surface area contributed by atoms with Gasteiger partial charge in [0.2, 0.25) is 5.52 Å². The maximum Gasteiger partial charge on any atom is 0.263 e. The van der Waals surface area contributed by atoms with Gasteiger partial charge in [0.05, 0.1) is 10.7 Å². The summed E-state index contributed by atoms with van der Waals surface area (Å²) in [4.78, 5) is 3.66. The van der Waals surface area contributed by atoms with Crippen molar-refractivity contribution in [1.29, 1.82) is 0 Å². The van der Waals surface area contributed by atoms with Crippen LogP contribution in [0, 0.1) is 10.8 Å². The largest absolute Gasteiger partial charge is 1.00 e. The fourth-order valence-corrected chi connectivity index (χ4v) is 9.80. The van der Waals surface area contributed by atoms with E-state index in [-0.39, 0.29) is 34.8 Å². The predicted octanol–water partition coefficient (Wildman–Crippen LogP) is 9.34. The molecule has 1 aromatic heterocycles. The molecule has 3 aromatic rings. The van der Waals surface area contributed by atoms with E-state index in [0.29, 0.717) is 0 Å². The maximum atomic E-state index is 6.35. The van der Waals surface area contributed by atoms with E-state index in [9.17, 15) is 0 Å². The highest BCUT2D eigenvalue weighted by molar-refractivity contribution is 8.03. The lowest BCUT2D eigenvalue weighted by Gasteiger charge is -2.31. The molecule has 0 fully saturated rings. The Labute approximate surface area is 310 Å². The standard InChI is InChI=1S/C39H43Cl2N2S2.HI/c1-7-42-32-20-30(40)12-14-34(32)44-36(42)18-28-16-26(22-38(3,4)24-28)10-9-11-27-17-29(25-39(5,6)23-27)19-37-43(8-2)33-21-31(41)13-15-35(33)45-37;/h9,12-21H,7-8,10,22-25H2,1-6H3;1H/q+1;/p-1. The highest BCUT2D eigenvalue weighted by Crippen LogP contribution is 2.48. The summed E-state index contributed by atoms with van der Waals surface area (Å²) in [6, 6.07) is 12.4. The highest BCUT2D eigenvalue weighted by Gasteiger charge is 2.29. The Bertz CT molecular complexity index is 1850. The molecule has 0 N–H and O–H groups in total. The zero-order chi connectivity index (χ0) is 31.9. The lowest BCUT2D eigenvalue weighted by molar-refractivity contribution is -0.665. The third-order valence-corrected chi connectivity index (χ3v) is 11.5. The van der Waals surface area contributed by atoms with Gasteiger partial charge in [0.25, 0.3) is 5.01 Å². The van der Waals surface area contributed by atoms with Gasteiger partial charge in [-0.3, -0.25) is 0 Å². The second-order valence-electron chi connectivity index (χ2n) is 14.1. The predicted molar refractivity (Wildman–Crippen MR) is 198 cm³/mol. The summed E-state index contributed by atoms with van der Waals surface area (Å²) in [6.45, 7) is 15.8. The van der Waals surface area contributed by atoms with E-state index in [4.69, 9.17) is 23.2 Å². The average molecular weight is 802 g/mol. The molecule has 0 radical (unpaired) electrons. The number of thiazole rings is 1. The Hall–Kier alpha value is -1.73. The number of aromatic nitrogens is 1. The lowest BCUT2D eigenvalue weighted by atomic mass is 9.74. The van der Waals surface area contributed by atoms with Crippen molar-refractivity contribution in [2.75, 3.05) is 11.4 Å². The fourth-order valence-electron chi connectivity index (χ4n) is 7.11. The van der Waals surface area contributed by atoms with Crippen LogP contribution in [0.3, 0.4) is 0 Å². The van der Waals surface area contributed by atoms with Gasteiger partial charge < -0.3 is 28.9 Å². The van der Waals surface area contributed by atoms with Gasteiger partial charge in [-0.1, -0.05) is 85.6 Å². The Morgan fingerprint density at radius 3 is 2.41 bits per heavy atom. The van der Waals surface area contributed by atoms with Gasteiger partial charge in [0, 0.05) is 33.6 Å². The van der Waals surface area contributed by atoms with Gasteiger partial charge in [0.15, 0.2) is 0 Å². The number of nitrogens with zero attached hydrogens (tertiary/aromatic N) is 2. The van der Waals surface area contributed by atoms with Crippen LogP contribution in [0.1, 0.15) is 78.7 Å². The number of thioether (sulfide) groups is 1. The van der Waals surface area contributed by atoms with Gasteiger partial charge in [-0.2, -0.15) is 4.57 Å². The van der Waals surface area contributed by atoms with Crippen molar-refractivity contribution in [2.45, 2.75) is 85.1 Å². The van der Waals surface area contributed by atoms with Crippen LogP contribution in [0.5, 0.6) is 0 Å². The van der Waals surface area contributed by atoms with Crippen LogP contribution in [0.15, 0.2) is 98.7 Å². The highest BCUT2D eigenvalue weighted by atomic mass is 127. The Kier molecular flexibility index (Phi) is 11.1. The molecule has 2 nitrogen and oxygen atoms in total. The van der Waals surface area contributed by atoms with Gasteiger partial charge in [-0.05, 0) is 122 Å². The lowest BCUT2D eigenvalue weighted by Crippen LogP contribution is -3.00. The zero-order valence-electron chi connectivity index (χ0n) is 27.6. The molecule has 7 heteroatoms. The molecule has 0 bridgehead atoms. The first-order valence-electron chi connectivity index (χ1n) is 16.0. The first kappa shape index (κ1) is 35.6. The van der Waals surface area contributed by atoms with Crippen molar-refractivity contribution in [3.05, 3.63) is 109 Å². The van der Waals surface area contributed by atoms with Crippen molar-refractivity contribution in [3.63, 3.8) is 0 Å². The minimum Gasteiger partial charge on any atom is -1.00 e. The molecule has 1 aliphatic heterocycles. The molecule has 46 heavy (non-hydrogen) atoms. The molecule has 2 aromatic carbocycles. The van der Waals surface area contributed by atoms with Crippen LogP contribution in [0.2, 0.25) is 10.0 Å². The van der Waals surface area contributed by atoms with Gasteiger partial charge >= 0.3 is 0 Å². The first-order valence-corrected chi connectivity index (χ1v) is 18.4. The number of hydrogen-bond acceptors (Lipinski definition) is 3. The number of aryl methyl sites for hydroxylation is 1. The van der Waals surface area contributed by atoms with Crippen molar-refractivity contribution < 1.29 is 28.5 Å². The minimum absolute atomic E-state index is 0. The van der Waals surface area contributed by atoms with E-state index in [1.807, 2.05) is 35.2 Å². The summed E-state index contributed by atoms with van der Waals surface area (Å²) in [5.41, 5.74) is 12.2. The fraction of sp³-hybridized carbons (Fsp3) is 0.385. The number of fused-ring (bicyclic) bond motifs is 2. The van der Waals surface area contributed by atoms with Crippen LogP contribution in [-0.2, 0) is 6.54 Å². The molecule has 0 spiro atoms. The van der Waals surface area contributed by atoms with E-state index >= 15 is 0 Å². The number of halogens is 3. The topological polar surface area (TPSA) is 7.12 Å². The molecule has 0 saturated heterocycles. The normalized spacial score (nSPS) is 20.3. The second-order valence-corrected chi connectivity index (χ2v) is 17.1. The third-order valence-electron chi connectivity index (χ3n) is 8.78. The monoisotopic (exact) mass is 800 g/mol. The number of anilines is 1. The summed E-state index contributed by atoms with van der Waals surface area (Å²) >= 11 is 16.4. The number of rotatable bonds is 6. The number of hydrogen-bond donors (Lipinski definition) is 0. The quantitative estimate of drug-likeness (QED) is 0.140. The molecule has 0 saturated carbocycles. The van der Waals surface area contributed by atoms with Gasteiger partial charge in [0.1, 0.15) is 11.2 Å². The molecule has 6 rings (SSSR count). The third kappa shape index (κ3) is 8.10. The summed E-state index contributed by atoms with van der Waals surface area (Å²) in [6.07, 6.45) is 17.1. The molecule has 0 atom stereocenters. The van der Waals surface area contributed by atoms with Crippen LogP contribution in [0.4, 0.5) is 5.69 Å². The summed E-state index contributed by atoms with van der Waals surface area (Å²) < 4.78 is 3.67. The van der Waals surface area contributed by atoms with Crippen LogP contribution in [-0.4, -0.2) is 6.54 Å². The Morgan fingerprint density at radius 1 is 0.913 bits per heavy atom. The molecule has 0 unspecified atom stereocenters. The maximum absolute atomic E-state index is 6.35. The zero-order valence-corrected chi connectivity index (χ0v) is 32.9. The molecular formula is C39H43Cl2IN2S2. The van der Waals surface area contributed by atoms with Gasteiger partial charge in [-0.25, -0.2) is 0 Å². The van der Waals surface area contributed by atoms with Crippen molar-refractivity contribution in [2.24, 2.45) is 10.8 Å². The number of benzene rings is 2. The van der Waals surface area contributed by atoms with Crippen LogP contribution >= 0.6 is 46.3 Å². The first-order chi connectivity index (χ1) is 21.4. The van der Waals surface area contributed by atoms with E-state index in [1.165, 1.54) is 53.1 Å². The average Bonchev–Trinajstić information content (AvgIpc) is 3.46. The van der Waals surface area contributed by atoms with Crippen molar-refractivity contribution in [3.8, 4) is 0 Å². The van der Waals surface area contributed by atoms with E-state index in [2.05, 4.69) is 111 Å². The summed E-state index contributed by atoms with van der Waals surface area (Å²) in [5.74, 6) is 0. The molecule has 2 aliphatic carbocycles. The molecule has 0 amide bonds. The van der Waals surface area contributed by atoms with Crippen LogP contribution in [0.25, 0.3) is 16.3 Å². The second kappa shape index (κ2) is 14.4. The van der Waals surface area contributed by atoms with Crippen molar-refractivity contribution >= 4 is 68.3 Å². The van der Waals surface area contributed by atoms with Crippen molar-refractivity contribution in [1.82, 2.24) is 0 Å². The summed E-state index contributed by atoms with van der Waals surface area (Å²) in [7, 11) is 0. The Morgan fingerprint density at radius 2 is 1.65 bits per heavy atom. The van der Waals surface area contributed by atoms with E-state index in [0.717, 1.165) is 55.2 Å². The van der Waals surface area contributed by atoms with Crippen LogP contribution < -0.4 is 33.4 Å². The van der Waals surface area contributed by atoms with Gasteiger partial charge in [-0.15, -0.1) is 5.73 Å². The molecule has 2 heterocycles. The molecule has 242 valence electrons. The SMILES string of the molecule is CCN1C(=CC2=CC(=C=CCC3=CC(=Cc4sc5ccc(Cl)cc5[n+]4CC)CC(C)(C)C3)CC(C)(C)C2)Sc2ccc(Cl)cc21.[I-]. The Balaban J connectivity index is 0.00000417. The van der Waals surface area contributed by atoms with E-state index < -0.39 is 0 Å².